The number of carbonyl (C=O) groups is 1. The molecule has 0 aliphatic carbocycles. The highest BCUT2D eigenvalue weighted by atomic mass is 16.5. The van der Waals surface area contributed by atoms with Gasteiger partial charge in [-0.05, 0) is 20.3 Å². The first-order valence-electron chi connectivity index (χ1n) is 5.30. The van der Waals surface area contributed by atoms with Crippen molar-refractivity contribution in [3.05, 3.63) is 0 Å². The average molecular weight is 216 g/mol. The van der Waals surface area contributed by atoms with E-state index >= 15 is 0 Å². The lowest BCUT2D eigenvalue weighted by atomic mass is 10.0. The van der Waals surface area contributed by atoms with Crippen molar-refractivity contribution in [3.63, 3.8) is 0 Å². The normalized spacial score (nSPS) is 22.5. The zero-order valence-corrected chi connectivity index (χ0v) is 9.38. The van der Waals surface area contributed by atoms with Crippen LogP contribution in [0.3, 0.4) is 0 Å². The number of rotatable bonds is 4. The van der Waals surface area contributed by atoms with E-state index in [1.807, 2.05) is 13.8 Å². The Balaban J connectivity index is 2.39. The molecule has 1 fully saturated rings. The Hall–Kier alpha value is -0.650. The average Bonchev–Trinajstić information content (AvgIpc) is 2.18. The minimum atomic E-state index is -0.406. The van der Waals surface area contributed by atoms with Crippen molar-refractivity contribution in [1.82, 2.24) is 10.6 Å². The van der Waals surface area contributed by atoms with Crippen molar-refractivity contribution in [2.45, 2.75) is 31.9 Å². The third kappa shape index (κ3) is 4.15. The van der Waals surface area contributed by atoms with Crippen LogP contribution in [-0.4, -0.2) is 49.0 Å². The van der Waals surface area contributed by atoms with Crippen LogP contribution in [0.2, 0.25) is 0 Å². The van der Waals surface area contributed by atoms with Crippen LogP contribution in [0, 0.1) is 0 Å². The van der Waals surface area contributed by atoms with Gasteiger partial charge in [0.1, 0.15) is 6.10 Å². The second-order valence-corrected chi connectivity index (χ2v) is 4.41. The number of carbonyl (C=O) groups excluding carboxylic acids is 1. The Bertz CT molecular complexity index is 213. The van der Waals surface area contributed by atoms with Gasteiger partial charge in [0, 0.05) is 25.2 Å². The van der Waals surface area contributed by atoms with E-state index in [-0.39, 0.29) is 18.1 Å². The monoisotopic (exact) mass is 216 g/mol. The SMILES string of the molecule is CC(C)(CCO)NC(=O)C1CNCCO1. The van der Waals surface area contributed by atoms with Gasteiger partial charge in [-0.25, -0.2) is 0 Å². The van der Waals surface area contributed by atoms with E-state index in [4.69, 9.17) is 9.84 Å². The van der Waals surface area contributed by atoms with Crippen molar-refractivity contribution in [3.8, 4) is 0 Å². The number of aliphatic hydroxyl groups excluding tert-OH is 1. The van der Waals surface area contributed by atoms with Crippen LogP contribution in [0.4, 0.5) is 0 Å². The van der Waals surface area contributed by atoms with Crippen LogP contribution in [0.5, 0.6) is 0 Å². The Morgan fingerprint density at radius 2 is 2.40 bits per heavy atom. The van der Waals surface area contributed by atoms with Crippen molar-refractivity contribution in [2.24, 2.45) is 0 Å². The Labute approximate surface area is 90.2 Å². The molecule has 3 N–H and O–H groups in total. The molecule has 1 rings (SSSR count). The first kappa shape index (κ1) is 12.4. The summed E-state index contributed by atoms with van der Waals surface area (Å²) in [4.78, 5) is 11.7. The van der Waals surface area contributed by atoms with Gasteiger partial charge in [0.15, 0.2) is 0 Å². The fraction of sp³-hybridized carbons (Fsp3) is 0.900. The van der Waals surface area contributed by atoms with Crippen LogP contribution in [0.25, 0.3) is 0 Å². The van der Waals surface area contributed by atoms with Crippen molar-refractivity contribution >= 4 is 5.91 Å². The highest BCUT2D eigenvalue weighted by Crippen LogP contribution is 2.08. The minimum absolute atomic E-state index is 0.0665. The molecule has 1 aliphatic rings. The summed E-state index contributed by atoms with van der Waals surface area (Å²) in [5, 5.41) is 14.8. The van der Waals surface area contributed by atoms with Gasteiger partial charge in [0.25, 0.3) is 5.91 Å². The smallest absolute Gasteiger partial charge is 0.250 e. The van der Waals surface area contributed by atoms with Gasteiger partial charge in [-0.1, -0.05) is 0 Å². The van der Waals surface area contributed by atoms with Crippen LogP contribution in [0.1, 0.15) is 20.3 Å². The molecule has 0 aromatic rings. The fourth-order valence-corrected chi connectivity index (χ4v) is 1.49. The lowest BCUT2D eigenvalue weighted by Crippen LogP contribution is -2.53. The van der Waals surface area contributed by atoms with Crippen LogP contribution in [-0.2, 0) is 9.53 Å². The summed E-state index contributed by atoms with van der Waals surface area (Å²) in [6.45, 7) is 5.76. The van der Waals surface area contributed by atoms with Crippen LogP contribution in [0.15, 0.2) is 0 Å². The largest absolute Gasteiger partial charge is 0.396 e. The summed E-state index contributed by atoms with van der Waals surface area (Å²) in [5.41, 5.74) is -0.382. The maximum absolute atomic E-state index is 11.7. The van der Waals surface area contributed by atoms with Gasteiger partial charge in [-0.15, -0.1) is 0 Å². The highest BCUT2D eigenvalue weighted by Gasteiger charge is 2.27. The number of aliphatic hydroxyl groups is 1. The number of amides is 1. The highest BCUT2D eigenvalue weighted by molar-refractivity contribution is 5.81. The summed E-state index contributed by atoms with van der Waals surface area (Å²) < 4.78 is 5.33. The van der Waals surface area contributed by atoms with E-state index in [9.17, 15) is 4.79 Å². The predicted molar refractivity (Wildman–Crippen MR) is 56.5 cm³/mol. The second-order valence-electron chi connectivity index (χ2n) is 4.41. The first-order chi connectivity index (χ1) is 7.05. The van der Waals surface area contributed by atoms with Crippen molar-refractivity contribution in [1.29, 1.82) is 0 Å². The molecule has 0 saturated carbocycles. The molecule has 88 valence electrons. The molecule has 15 heavy (non-hydrogen) atoms. The molecule has 0 radical (unpaired) electrons. The third-order valence-corrected chi connectivity index (χ3v) is 2.42. The molecule has 1 amide bonds. The van der Waals surface area contributed by atoms with Gasteiger partial charge < -0.3 is 20.5 Å². The van der Waals surface area contributed by atoms with Crippen molar-refractivity contribution in [2.75, 3.05) is 26.3 Å². The van der Waals surface area contributed by atoms with Gasteiger partial charge in [0.2, 0.25) is 0 Å². The molecule has 5 nitrogen and oxygen atoms in total. The molecular weight excluding hydrogens is 196 g/mol. The Morgan fingerprint density at radius 3 is 2.93 bits per heavy atom. The fourth-order valence-electron chi connectivity index (χ4n) is 1.49. The third-order valence-electron chi connectivity index (χ3n) is 2.42. The van der Waals surface area contributed by atoms with E-state index in [0.717, 1.165) is 6.54 Å². The molecule has 1 heterocycles. The molecule has 1 atom stereocenters. The predicted octanol–water partition coefficient (Wildman–Crippen LogP) is -0.748. The van der Waals surface area contributed by atoms with Crippen LogP contribution < -0.4 is 10.6 Å². The van der Waals surface area contributed by atoms with E-state index in [0.29, 0.717) is 19.6 Å². The minimum Gasteiger partial charge on any atom is -0.396 e. The van der Waals surface area contributed by atoms with Gasteiger partial charge >= 0.3 is 0 Å². The summed E-state index contributed by atoms with van der Waals surface area (Å²) >= 11 is 0. The molecular formula is C10H20N2O3. The van der Waals surface area contributed by atoms with Gasteiger partial charge in [0.05, 0.1) is 6.61 Å². The maximum Gasteiger partial charge on any atom is 0.250 e. The molecule has 0 bridgehead atoms. The first-order valence-corrected chi connectivity index (χ1v) is 5.30. The maximum atomic E-state index is 11.7. The number of hydrogen-bond acceptors (Lipinski definition) is 4. The zero-order valence-electron chi connectivity index (χ0n) is 9.38. The van der Waals surface area contributed by atoms with Gasteiger partial charge in [-0.3, -0.25) is 4.79 Å². The number of hydrogen-bond donors (Lipinski definition) is 3. The molecule has 1 aliphatic heterocycles. The van der Waals surface area contributed by atoms with E-state index in [2.05, 4.69) is 10.6 Å². The molecule has 5 heteroatoms. The van der Waals surface area contributed by atoms with Crippen LogP contribution >= 0.6 is 0 Å². The molecule has 0 spiro atoms. The molecule has 1 unspecified atom stereocenters. The second kappa shape index (κ2) is 5.44. The topological polar surface area (TPSA) is 70.6 Å². The Kier molecular flexibility index (Phi) is 4.50. The number of ether oxygens (including phenoxy) is 1. The molecule has 1 saturated heterocycles. The van der Waals surface area contributed by atoms with E-state index < -0.39 is 6.10 Å². The summed E-state index contributed by atoms with van der Waals surface area (Å²) in [6.07, 6.45) is 0.135. The van der Waals surface area contributed by atoms with E-state index in [1.54, 1.807) is 0 Å². The molecule has 0 aromatic carbocycles. The standard InChI is InChI=1S/C10H20N2O3/c1-10(2,3-5-13)12-9(14)8-7-11-4-6-15-8/h8,11,13H,3-7H2,1-2H3,(H,12,14). The lowest BCUT2D eigenvalue weighted by Gasteiger charge is -2.29. The number of nitrogens with one attached hydrogen (secondary N) is 2. The Morgan fingerprint density at radius 1 is 1.67 bits per heavy atom. The van der Waals surface area contributed by atoms with E-state index in [1.165, 1.54) is 0 Å². The quantitative estimate of drug-likeness (QED) is 0.578. The van der Waals surface area contributed by atoms with Gasteiger partial charge in [-0.2, -0.15) is 0 Å². The number of morpholine rings is 1. The zero-order chi connectivity index (χ0) is 11.3. The summed E-state index contributed by atoms with van der Waals surface area (Å²) in [7, 11) is 0. The van der Waals surface area contributed by atoms with Crippen molar-refractivity contribution < 1.29 is 14.6 Å². The molecule has 0 aromatic heterocycles. The summed E-state index contributed by atoms with van der Waals surface area (Å²) in [6, 6.07) is 0. The summed E-state index contributed by atoms with van der Waals surface area (Å²) in [5.74, 6) is -0.111. The lowest BCUT2D eigenvalue weighted by molar-refractivity contribution is -0.136.